The molecule has 24 heavy (non-hydrogen) atoms. The lowest BCUT2D eigenvalue weighted by atomic mass is 10.2. The van der Waals surface area contributed by atoms with E-state index in [4.69, 9.17) is 0 Å². The van der Waals surface area contributed by atoms with E-state index in [0.717, 1.165) is 27.7 Å². The number of hydrogen-bond acceptors (Lipinski definition) is 4. The van der Waals surface area contributed by atoms with Crippen LogP contribution in [0.5, 0.6) is 0 Å². The Hall–Kier alpha value is -2.58. The average Bonchev–Trinajstić information content (AvgIpc) is 2.52. The molecule has 0 amide bonds. The molecular weight excluding hydrogens is 325 g/mol. The minimum Gasteiger partial charge on any atom is -0.325 e. The number of nitrogens with one attached hydrogen (secondary N) is 1. The Kier molecular flexibility index (Phi) is 5.10. The van der Waals surface area contributed by atoms with Crippen molar-refractivity contribution in [3.63, 3.8) is 0 Å². The summed E-state index contributed by atoms with van der Waals surface area (Å²) in [7, 11) is 1.40. The number of nitrogens with zero attached hydrogens (tertiary/aromatic N) is 3. The van der Waals surface area contributed by atoms with Crippen molar-refractivity contribution in [1.82, 2.24) is 14.1 Å². The van der Waals surface area contributed by atoms with Crippen molar-refractivity contribution in [3.05, 3.63) is 50.8 Å². The fourth-order valence-corrected chi connectivity index (χ4v) is 2.10. The molecule has 0 atom stereocenters. The molecule has 1 aromatic heterocycles. The molecule has 0 aliphatic rings. The zero-order valence-electron chi connectivity index (χ0n) is 13.2. The van der Waals surface area contributed by atoms with Crippen molar-refractivity contribution in [2.45, 2.75) is 32.5 Å². The van der Waals surface area contributed by atoms with Crippen LogP contribution in [0.4, 0.5) is 24.8 Å². The van der Waals surface area contributed by atoms with Gasteiger partial charge in [-0.2, -0.15) is 18.2 Å². The first-order valence-electron chi connectivity index (χ1n) is 7.36. The molecule has 0 radical (unpaired) electrons. The van der Waals surface area contributed by atoms with Gasteiger partial charge in [0.05, 0.1) is 5.56 Å². The highest BCUT2D eigenvalue weighted by Crippen LogP contribution is 2.31. The van der Waals surface area contributed by atoms with E-state index in [1.165, 1.54) is 19.2 Å². The summed E-state index contributed by atoms with van der Waals surface area (Å²) in [6.45, 7) is 2.17. The molecule has 9 heteroatoms. The Balaban J connectivity index is 2.38. The van der Waals surface area contributed by atoms with Gasteiger partial charge in [0.1, 0.15) is 0 Å². The van der Waals surface area contributed by atoms with Crippen LogP contribution in [-0.4, -0.2) is 14.1 Å². The monoisotopic (exact) mass is 342 g/mol. The van der Waals surface area contributed by atoms with Gasteiger partial charge in [-0.1, -0.05) is 19.4 Å². The van der Waals surface area contributed by atoms with E-state index in [1.807, 2.05) is 6.92 Å². The minimum absolute atomic E-state index is 0.0815. The summed E-state index contributed by atoms with van der Waals surface area (Å²) >= 11 is 0. The molecule has 0 unspecified atom stereocenters. The van der Waals surface area contributed by atoms with Gasteiger partial charge >= 0.3 is 17.6 Å². The van der Waals surface area contributed by atoms with Crippen LogP contribution in [0.25, 0.3) is 0 Å². The predicted octanol–water partition coefficient (Wildman–Crippen LogP) is 2.50. The Morgan fingerprint density at radius 1 is 1.25 bits per heavy atom. The lowest BCUT2D eigenvalue weighted by Gasteiger charge is -2.13. The highest BCUT2D eigenvalue weighted by Gasteiger charge is 2.30. The van der Waals surface area contributed by atoms with Gasteiger partial charge in [0.25, 0.3) is 0 Å². The third-order valence-corrected chi connectivity index (χ3v) is 3.45. The number of unbranched alkanes of at least 4 members (excludes halogenated alkanes) is 1. The molecule has 2 rings (SSSR count). The quantitative estimate of drug-likeness (QED) is 0.906. The summed E-state index contributed by atoms with van der Waals surface area (Å²) in [6, 6.07) is 4.44. The van der Waals surface area contributed by atoms with Crippen LogP contribution in [0.2, 0.25) is 0 Å². The molecule has 2 aromatic rings. The number of rotatable bonds is 5. The van der Waals surface area contributed by atoms with Crippen molar-refractivity contribution in [3.8, 4) is 0 Å². The molecule has 0 saturated heterocycles. The van der Waals surface area contributed by atoms with Crippen LogP contribution >= 0.6 is 0 Å². The van der Waals surface area contributed by atoms with Gasteiger partial charge in [0, 0.05) is 19.3 Å². The summed E-state index contributed by atoms with van der Waals surface area (Å²) in [5.41, 5.74) is -2.06. The van der Waals surface area contributed by atoms with Crippen molar-refractivity contribution >= 4 is 11.6 Å². The maximum Gasteiger partial charge on any atom is 0.416 e. The van der Waals surface area contributed by atoms with Crippen molar-refractivity contribution in [1.29, 1.82) is 0 Å². The third-order valence-electron chi connectivity index (χ3n) is 3.45. The average molecular weight is 342 g/mol. The van der Waals surface area contributed by atoms with E-state index in [2.05, 4.69) is 10.3 Å². The van der Waals surface area contributed by atoms with Gasteiger partial charge in [-0.05, 0) is 24.6 Å². The van der Waals surface area contributed by atoms with Crippen molar-refractivity contribution in [2.75, 3.05) is 5.32 Å². The van der Waals surface area contributed by atoms with E-state index < -0.39 is 23.1 Å². The molecule has 0 fully saturated rings. The Labute approximate surface area is 135 Å². The standard InChI is InChI=1S/C15H17F3N4O2/c1-3-4-8-22-13(23)20-12(21(2)14(22)24)19-11-7-5-6-10(9-11)15(16,17)18/h5-7,9H,3-4,8H2,1-2H3,(H,19,20,23). The number of alkyl halides is 3. The molecule has 130 valence electrons. The van der Waals surface area contributed by atoms with E-state index in [-0.39, 0.29) is 18.2 Å². The highest BCUT2D eigenvalue weighted by molar-refractivity contribution is 5.54. The minimum atomic E-state index is -4.49. The maximum atomic E-state index is 12.7. The second-order valence-corrected chi connectivity index (χ2v) is 5.27. The largest absolute Gasteiger partial charge is 0.416 e. The number of aromatic nitrogens is 3. The van der Waals surface area contributed by atoms with Crippen LogP contribution in [0.3, 0.4) is 0 Å². The summed E-state index contributed by atoms with van der Waals surface area (Å²) in [5.74, 6) is -0.114. The van der Waals surface area contributed by atoms with E-state index >= 15 is 0 Å². The van der Waals surface area contributed by atoms with Crippen molar-refractivity contribution < 1.29 is 13.2 Å². The second-order valence-electron chi connectivity index (χ2n) is 5.27. The van der Waals surface area contributed by atoms with Crippen molar-refractivity contribution in [2.24, 2.45) is 7.05 Å². The van der Waals surface area contributed by atoms with E-state index in [1.54, 1.807) is 0 Å². The van der Waals surface area contributed by atoms with Crippen LogP contribution in [-0.2, 0) is 19.8 Å². The van der Waals surface area contributed by atoms with Gasteiger partial charge in [-0.25, -0.2) is 14.2 Å². The first kappa shape index (κ1) is 17.8. The van der Waals surface area contributed by atoms with Gasteiger partial charge in [-0.15, -0.1) is 0 Å². The van der Waals surface area contributed by atoms with Gasteiger partial charge in [0.2, 0.25) is 5.95 Å². The van der Waals surface area contributed by atoms with Crippen LogP contribution in [0.1, 0.15) is 25.3 Å². The second kappa shape index (κ2) is 6.90. The van der Waals surface area contributed by atoms with Crippen LogP contribution < -0.4 is 16.7 Å². The topological polar surface area (TPSA) is 68.9 Å². The normalized spacial score (nSPS) is 11.5. The molecule has 0 bridgehead atoms. The zero-order valence-corrected chi connectivity index (χ0v) is 13.2. The molecule has 1 N–H and O–H groups in total. The molecule has 0 aliphatic heterocycles. The predicted molar refractivity (Wildman–Crippen MR) is 83.4 cm³/mol. The summed E-state index contributed by atoms with van der Waals surface area (Å²) in [4.78, 5) is 27.9. The number of halogens is 3. The van der Waals surface area contributed by atoms with E-state index in [9.17, 15) is 22.8 Å². The van der Waals surface area contributed by atoms with Crippen LogP contribution in [0.15, 0.2) is 33.9 Å². The first-order valence-corrected chi connectivity index (χ1v) is 7.36. The molecule has 1 heterocycles. The fourth-order valence-electron chi connectivity index (χ4n) is 2.10. The lowest BCUT2D eigenvalue weighted by molar-refractivity contribution is -0.137. The number of hydrogen-bond donors (Lipinski definition) is 1. The Bertz CT molecular complexity index is 840. The first-order chi connectivity index (χ1) is 11.2. The Morgan fingerprint density at radius 2 is 1.96 bits per heavy atom. The molecule has 1 aromatic carbocycles. The number of anilines is 2. The van der Waals surface area contributed by atoms with Gasteiger partial charge in [0.15, 0.2) is 0 Å². The van der Waals surface area contributed by atoms with Gasteiger partial charge in [-0.3, -0.25) is 4.57 Å². The van der Waals surface area contributed by atoms with Gasteiger partial charge < -0.3 is 5.32 Å². The fraction of sp³-hybridized carbons (Fsp3) is 0.400. The summed E-state index contributed by atoms with van der Waals surface area (Å²) < 4.78 is 40.3. The third kappa shape index (κ3) is 3.84. The SMILES string of the molecule is CCCCn1c(=O)nc(Nc2cccc(C(F)(F)F)c2)n(C)c1=O. The highest BCUT2D eigenvalue weighted by atomic mass is 19.4. The molecule has 6 nitrogen and oxygen atoms in total. The van der Waals surface area contributed by atoms with Crippen LogP contribution in [0, 0.1) is 0 Å². The summed E-state index contributed by atoms with van der Waals surface area (Å²) in [5, 5.41) is 2.59. The smallest absolute Gasteiger partial charge is 0.325 e. The molecule has 0 aliphatic carbocycles. The summed E-state index contributed by atoms with van der Waals surface area (Å²) in [6.07, 6.45) is -3.03. The molecule has 0 spiro atoms. The molecular formula is C15H17F3N4O2. The molecule has 0 saturated carbocycles. The Morgan fingerprint density at radius 3 is 2.58 bits per heavy atom. The lowest BCUT2D eigenvalue weighted by Crippen LogP contribution is -2.41. The van der Waals surface area contributed by atoms with E-state index in [0.29, 0.717) is 6.42 Å². The maximum absolute atomic E-state index is 12.7. The number of benzene rings is 1. The zero-order chi connectivity index (χ0) is 17.9.